The Labute approximate surface area is 447 Å². The molecule has 0 aliphatic carbocycles. The maximum absolute atomic E-state index is 6.88. The minimum absolute atomic E-state index is 0.177. The number of hydrogen-bond acceptors (Lipinski definition) is 14. The summed E-state index contributed by atoms with van der Waals surface area (Å²) in [5.74, 6) is 0. The van der Waals surface area contributed by atoms with Gasteiger partial charge in [-0.05, 0) is 33.4 Å². The van der Waals surface area contributed by atoms with Gasteiger partial charge in [0, 0.05) is 0 Å². The first-order valence-corrected chi connectivity index (χ1v) is 26.5. The van der Waals surface area contributed by atoms with Crippen molar-refractivity contribution in [2.24, 2.45) is 0 Å². The van der Waals surface area contributed by atoms with Gasteiger partial charge in [-0.1, -0.05) is 182 Å². The minimum atomic E-state index is -0.874. The molecule has 10 atom stereocenters. The van der Waals surface area contributed by atoms with Crippen molar-refractivity contribution < 1.29 is 66.3 Å². The van der Waals surface area contributed by atoms with Crippen molar-refractivity contribution in [1.29, 1.82) is 0 Å². The molecule has 14 heteroatoms. The van der Waals surface area contributed by atoms with Crippen molar-refractivity contribution in [3.8, 4) is 0 Å². The van der Waals surface area contributed by atoms with Crippen LogP contribution in [0, 0.1) is 0 Å². The van der Waals surface area contributed by atoms with Crippen molar-refractivity contribution in [1.82, 2.24) is 0 Å². The van der Waals surface area contributed by atoms with E-state index in [1.807, 2.05) is 182 Å². The zero-order valence-electron chi connectivity index (χ0n) is 43.1. The second kappa shape index (κ2) is 31.2. The van der Waals surface area contributed by atoms with Crippen molar-refractivity contribution in [3.05, 3.63) is 215 Å². The van der Waals surface area contributed by atoms with Crippen LogP contribution in [0.5, 0.6) is 0 Å². The standard InChI is InChI=1S/C62H72O14/c1-7-19-47(20-8-1)39-65-45-53-55-57(71-41-49-23-11-3-12-24-49)59(73-43-51-27-15-5-16-28-51)61(75-53)69-37-33-64-34-38-70-62-60(74-44-52-29-17-6-18-30-52)58(72-42-50-25-13-4-14-26-50)56(68-36-32-63-31-35-67-55)54(76-62)46-66-40-48-21-9-2-10-22-48/h1-30,53-62H,31-46H2/t53-,54-,55-,56-,57+,58+,59-,60-,61+,62+/m1/s1. The largest absolute Gasteiger partial charge is 0.377 e. The Morgan fingerprint density at radius 3 is 0.855 bits per heavy atom. The summed E-state index contributed by atoms with van der Waals surface area (Å²) in [6.45, 7) is 4.05. The zero-order chi connectivity index (χ0) is 51.7. The molecule has 4 bridgehead atoms. The Morgan fingerprint density at radius 2 is 0.553 bits per heavy atom. The molecule has 4 aliphatic heterocycles. The molecule has 4 heterocycles. The van der Waals surface area contributed by atoms with Crippen LogP contribution in [0.3, 0.4) is 0 Å². The molecule has 4 fully saturated rings. The van der Waals surface area contributed by atoms with Gasteiger partial charge in [0.25, 0.3) is 0 Å². The van der Waals surface area contributed by atoms with E-state index in [0.29, 0.717) is 26.4 Å². The Hall–Kier alpha value is -5.24. The summed E-state index contributed by atoms with van der Waals surface area (Å²) >= 11 is 0. The Balaban J connectivity index is 0.960. The van der Waals surface area contributed by atoms with E-state index >= 15 is 0 Å². The zero-order valence-corrected chi connectivity index (χ0v) is 43.1. The Kier molecular flexibility index (Phi) is 22.8. The highest BCUT2D eigenvalue weighted by Crippen LogP contribution is 2.33. The summed E-state index contributed by atoms with van der Waals surface area (Å²) in [5, 5.41) is 0. The first-order valence-electron chi connectivity index (χ1n) is 26.5. The lowest BCUT2D eigenvalue weighted by atomic mass is 9.98. The highest BCUT2D eigenvalue weighted by molar-refractivity contribution is 5.18. The van der Waals surface area contributed by atoms with Crippen molar-refractivity contribution >= 4 is 0 Å². The smallest absolute Gasteiger partial charge is 0.187 e. The van der Waals surface area contributed by atoms with Gasteiger partial charge < -0.3 is 66.3 Å². The van der Waals surface area contributed by atoms with Gasteiger partial charge in [0.1, 0.15) is 48.8 Å². The molecular formula is C62H72O14. The van der Waals surface area contributed by atoms with Gasteiger partial charge in [0.15, 0.2) is 12.6 Å². The molecule has 0 amide bonds. The van der Waals surface area contributed by atoms with E-state index in [1.54, 1.807) is 0 Å². The summed E-state index contributed by atoms with van der Waals surface area (Å²) < 4.78 is 93.0. The highest BCUT2D eigenvalue weighted by Gasteiger charge is 2.50. The monoisotopic (exact) mass is 1040 g/mol. The lowest BCUT2D eigenvalue weighted by molar-refractivity contribution is -0.332. The van der Waals surface area contributed by atoms with Gasteiger partial charge in [-0.2, -0.15) is 0 Å². The molecule has 0 spiro atoms. The number of benzene rings is 6. The molecule has 6 aromatic carbocycles. The third-order valence-corrected chi connectivity index (χ3v) is 13.2. The molecule has 0 aromatic heterocycles. The van der Waals surface area contributed by atoms with Gasteiger partial charge in [-0.25, -0.2) is 0 Å². The average Bonchev–Trinajstić information content (AvgIpc) is 3.48. The molecule has 0 radical (unpaired) electrons. The summed E-state index contributed by atoms with van der Waals surface area (Å²) in [7, 11) is 0. The van der Waals surface area contributed by atoms with Crippen LogP contribution in [0.15, 0.2) is 182 Å². The van der Waals surface area contributed by atoms with E-state index in [0.717, 1.165) is 33.4 Å². The van der Waals surface area contributed by atoms with Crippen LogP contribution in [0.1, 0.15) is 33.4 Å². The number of ether oxygens (including phenoxy) is 14. The van der Waals surface area contributed by atoms with Crippen LogP contribution in [0.4, 0.5) is 0 Å². The second-order valence-corrected chi connectivity index (χ2v) is 18.8. The SMILES string of the molecule is c1ccc(COC[C@H]2O[C@@H]3OCCOCCO[C@H]4O[C@H](COCc5ccccc5)[C@@H](OCCOCCO[C@H]2[C@H](OCc2ccccc2)[C@H]3OCc2ccccc2)[C@H](OCc2ccccc2)[C@H]4OCc2ccccc2)cc1. The minimum Gasteiger partial charge on any atom is -0.377 e. The second-order valence-electron chi connectivity index (χ2n) is 18.8. The molecule has 0 unspecified atom stereocenters. The lowest BCUT2D eigenvalue weighted by Gasteiger charge is -2.46. The van der Waals surface area contributed by atoms with E-state index in [1.165, 1.54) is 0 Å². The Morgan fingerprint density at radius 1 is 0.289 bits per heavy atom. The summed E-state index contributed by atoms with van der Waals surface area (Å²) in [6.07, 6.45) is -6.98. The number of fused-ring (bicyclic) bond motifs is 14. The van der Waals surface area contributed by atoms with Gasteiger partial charge in [-0.3, -0.25) is 0 Å². The van der Waals surface area contributed by atoms with E-state index in [2.05, 4.69) is 0 Å². The molecule has 10 rings (SSSR count). The average molecular weight is 1040 g/mol. The third kappa shape index (κ3) is 17.4. The lowest BCUT2D eigenvalue weighted by Crippen LogP contribution is -2.62. The van der Waals surface area contributed by atoms with Gasteiger partial charge in [0.05, 0.1) is 106 Å². The third-order valence-electron chi connectivity index (χ3n) is 13.2. The quantitative estimate of drug-likeness (QED) is 0.0675. The molecule has 0 N–H and O–H groups in total. The van der Waals surface area contributed by atoms with Crippen LogP contribution in [0.2, 0.25) is 0 Å². The molecule has 404 valence electrons. The first kappa shape index (κ1) is 55.5. The molecule has 4 saturated heterocycles. The van der Waals surface area contributed by atoms with Crippen LogP contribution >= 0.6 is 0 Å². The number of hydrogen-bond donors (Lipinski definition) is 0. The molecule has 6 aromatic rings. The molecule has 4 aliphatic rings. The highest BCUT2D eigenvalue weighted by atomic mass is 16.7. The maximum Gasteiger partial charge on any atom is 0.187 e. The van der Waals surface area contributed by atoms with Crippen LogP contribution in [-0.2, 0) is 106 Å². The molecule has 14 nitrogen and oxygen atoms in total. The normalized spacial score (nSPS) is 26.1. The number of rotatable bonds is 20. The van der Waals surface area contributed by atoms with Crippen molar-refractivity contribution in [2.45, 2.75) is 101 Å². The molecule has 0 saturated carbocycles. The van der Waals surface area contributed by atoms with Gasteiger partial charge in [-0.15, -0.1) is 0 Å². The van der Waals surface area contributed by atoms with Crippen LogP contribution in [0.25, 0.3) is 0 Å². The van der Waals surface area contributed by atoms with Crippen LogP contribution < -0.4 is 0 Å². The van der Waals surface area contributed by atoms with E-state index < -0.39 is 61.4 Å². The predicted octanol–water partition coefficient (Wildman–Crippen LogP) is 9.06. The van der Waals surface area contributed by atoms with E-state index in [4.69, 9.17) is 66.3 Å². The van der Waals surface area contributed by atoms with Crippen LogP contribution in [-0.4, -0.2) is 127 Å². The maximum atomic E-state index is 6.88. The van der Waals surface area contributed by atoms with Gasteiger partial charge in [0.2, 0.25) is 0 Å². The predicted molar refractivity (Wildman–Crippen MR) is 283 cm³/mol. The first-order chi connectivity index (χ1) is 37.7. The van der Waals surface area contributed by atoms with Crippen molar-refractivity contribution in [3.63, 3.8) is 0 Å². The van der Waals surface area contributed by atoms with E-state index in [-0.39, 0.29) is 79.3 Å². The molecule has 76 heavy (non-hydrogen) atoms. The summed E-state index contributed by atoms with van der Waals surface area (Å²) in [4.78, 5) is 0. The fourth-order valence-electron chi connectivity index (χ4n) is 9.37. The fourth-order valence-corrected chi connectivity index (χ4v) is 9.37. The fraction of sp³-hybridized carbons (Fsp3) is 0.419. The summed E-state index contributed by atoms with van der Waals surface area (Å²) in [6, 6.07) is 60.2. The summed E-state index contributed by atoms with van der Waals surface area (Å²) in [5.41, 5.74) is 6.06. The van der Waals surface area contributed by atoms with Crippen molar-refractivity contribution in [2.75, 3.05) is 66.1 Å². The topological polar surface area (TPSA) is 129 Å². The Bertz CT molecular complexity index is 2270. The van der Waals surface area contributed by atoms with Gasteiger partial charge >= 0.3 is 0 Å². The molecular weight excluding hydrogens is 969 g/mol. The van der Waals surface area contributed by atoms with E-state index in [9.17, 15) is 0 Å².